The summed E-state index contributed by atoms with van der Waals surface area (Å²) in [7, 11) is 3.92. The number of nitrogens with one attached hydrogen (secondary N) is 1. The molecule has 29 heavy (non-hydrogen) atoms. The van der Waals surface area contributed by atoms with E-state index in [1.165, 1.54) is 6.20 Å². The number of rotatable bonds is 4. The van der Waals surface area contributed by atoms with Crippen molar-refractivity contribution in [2.24, 2.45) is 0 Å². The molecule has 3 heterocycles. The third kappa shape index (κ3) is 3.68. The Balaban J connectivity index is 1.72. The average Bonchev–Trinajstić information content (AvgIpc) is 3.33. The Bertz CT molecular complexity index is 1150. The molecule has 0 amide bonds. The van der Waals surface area contributed by atoms with Crippen molar-refractivity contribution >= 4 is 28.1 Å². The standard InChI is InChI=1S/C19H16F3N5OS/c1-26(2)15-5-3-12(4-6-15)13-7-16-17(10-24-18(16)23-8-13)14-9-25-27(11-14)29(28)19(20,21)22/h3-11H,1-2H3,(H,23,24). The van der Waals surface area contributed by atoms with Gasteiger partial charge in [-0.25, -0.2) is 4.98 Å². The highest BCUT2D eigenvalue weighted by Crippen LogP contribution is 2.32. The molecular formula is C19H16F3N5OS. The number of aromatic amines is 1. The summed E-state index contributed by atoms with van der Waals surface area (Å²) in [6.45, 7) is 0. The van der Waals surface area contributed by atoms with Crippen LogP contribution >= 0.6 is 0 Å². The molecule has 6 nitrogen and oxygen atoms in total. The molecule has 4 aromatic rings. The lowest BCUT2D eigenvalue weighted by Gasteiger charge is -2.12. The summed E-state index contributed by atoms with van der Waals surface area (Å²) >= 11 is -3.24. The molecule has 10 heteroatoms. The van der Waals surface area contributed by atoms with Crippen molar-refractivity contribution in [2.75, 3.05) is 19.0 Å². The summed E-state index contributed by atoms with van der Waals surface area (Å²) in [5, 5.41) is 4.34. The summed E-state index contributed by atoms with van der Waals surface area (Å²) < 4.78 is 49.9. The molecule has 0 fully saturated rings. The predicted molar refractivity (Wildman–Crippen MR) is 107 cm³/mol. The Kier molecular flexibility index (Phi) is 4.75. The molecule has 4 rings (SSSR count). The first-order valence-corrected chi connectivity index (χ1v) is 9.64. The van der Waals surface area contributed by atoms with Gasteiger partial charge in [-0.15, -0.1) is 18.3 Å². The summed E-state index contributed by atoms with van der Waals surface area (Å²) in [5.74, 6) is 0. The second-order valence-electron chi connectivity index (χ2n) is 6.59. The normalized spacial score (nSPS) is 13.0. The van der Waals surface area contributed by atoms with Crippen LogP contribution in [-0.2, 0) is 11.4 Å². The van der Waals surface area contributed by atoms with E-state index in [2.05, 4.69) is 15.1 Å². The number of hydrogen-bond acceptors (Lipinski definition) is 4. The van der Waals surface area contributed by atoms with E-state index >= 15 is 0 Å². The topological polar surface area (TPSA) is 72.8 Å². The molecule has 3 aromatic heterocycles. The Morgan fingerprint density at radius 2 is 1.79 bits per heavy atom. The molecular weight excluding hydrogens is 403 g/mol. The average molecular weight is 419 g/mol. The van der Waals surface area contributed by atoms with Crippen LogP contribution < -0.4 is 4.90 Å². The van der Waals surface area contributed by atoms with Gasteiger partial charge >= 0.3 is 5.51 Å². The third-order valence-electron chi connectivity index (χ3n) is 4.49. The van der Waals surface area contributed by atoms with Gasteiger partial charge in [-0.1, -0.05) is 16.2 Å². The highest BCUT2D eigenvalue weighted by Gasteiger charge is 2.48. The van der Waals surface area contributed by atoms with Crippen LogP contribution in [0.1, 0.15) is 0 Å². The van der Waals surface area contributed by atoms with E-state index in [0.29, 0.717) is 20.9 Å². The molecule has 1 aromatic carbocycles. The van der Waals surface area contributed by atoms with E-state index in [0.717, 1.165) is 28.4 Å². The van der Waals surface area contributed by atoms with Gasteiger partial charge in [0, 0.05) is 54.3 Å². The van der Waals surface area contributed by atoms with E-state index in [1.807, 2.05) is 49.3 Å². The van der Waals surface area contributed by atoms with Gasteiger partial charge in [0.25, 0.3) is 0 Å². The van der Waals surface area contributed by atoms with Crippen molar-refractivity contribution in [1.82, 2.24) is 19.2 Å². The van der Waals surface area contributed by atoms with E-state index < -0.39 is 16.9 Å². The van der Waals surface area contributed by atoms with Gasteiger partial charge in [0.2, 0.25) is 11.4 Å². The fourth-order valence-electron chi connectivity index (χ4n) is 2.99. The van der Waals surface area contributed by atoms with Gasteiger partial charge < -0.3 is 14.4 Å². The zero-order valence-electron chi connectivity index (χ0n) is 15.4. The number of pyridine rings is 1. The van der Waals surface area contributed by atoms with Crippen molar-refractivity contribution in [3.8, 4) is 22.3 Å². The third-order valence-corrected chi connectivity index (χ3v) is 5.42. The molecule has 1 unspecified atom stereocenters. The van der Waals surface area contributed by atoms with Crippen molar-refractivity contribution in [3.63, 3.8) is 0 Å². The van der Waals surface area contributed by atoms with E-state index in [9.17, 15) is 17.7 Å². The van der Waals surface area contributed by atoms with Crippen molar-refractivity contribution in [2.45, 2.75) is 5.51 Å². The SMILES string of the molecule is CN(C)c1ccc(-c2cnc3[nH]cc(-c4cnn([S+]([O-])C(F)(F)F)c4)c3c2)cc1. The van der Waals surface area contributed by atoms with Crippen LogP contribution in [0.2, 0.25) is 0 Å². The van der Waals surface area contributed by atoms with Crippen LogP contribution in [-0.4, -0.2) is 43.3 Å². The lowest BCUT2D eigenvalue weighted by molar-refractivity contribution is -0.0448. The molecule has 0 aliphatic carbocycles. The first-order valence-electron chi connectivity index (χ1n) is 8.53. The first-order chi connectivity index (χ1) is 13.7. The summed E-state index contributed by atoms with van der Waals surface area (Å²) in [6, 6.07) is 9.86. The van der Waals surface area contributed by atoms with Gasteiger partial charge in [-0.3, -0.25) is 0 Å². The van der Waals surface area contributed by atoms with Crippen LogP contribution in [0.15, 0.2) is 55.1 Å². The number of H-pyrrole nitrogens is 1. The minimum atomic E-state index is -4.88. The number of aromatic nitrogens is 4. The molecule has 0 spiro atoms. The quantitative estimate of drug-likeness (QED) is 0.504. The van der Waals surface area contributed by atoms with Gasteiger partial charge in [0.15, 0.2) is 0 Å². The van der Waals surface area contributed by atoms with Crippen molar-refractivity contribution in [3.05, 3.63) is 55.1 Å². The molecule has 0 saturated heterocycles. The van der Waals surface area contributed by atoms with Gasteiger partial charge in [0.05, 0.1) is 12.4 Å². The number of halogens is 3. The highest BCUT2D eigenvalue weighted by molar-refractivity contribution is 7.90. The van der Waals surface area contributed by atoms with Crippen LogP contribution in [0, 0.1) is 0 Å². The smallest absolute Gasteiger partial charge is 0.584 e. The monoisotopic (exact) mass is 419 g/mol. The number of alkyl halides is 3. The van der Waals surface area contributed by atoms with Crippen LogP contribution in [0.3, 0.4) is 0 Å². The van der Waals surface area contributed by atoms with Crippen molar-refractivity contribution in [1.29, 1.82) is 0 Å². The van der Waals surface area contributed by atoms with Crippen LogP contribution in [0.25, 0.3) is 33.3 Å². The number of nitrogens with zero attached hydrogens (tertiary/aromatic N) is 4. The lowest BCUT2D eigenvalue weighted by Crippen LogP contribution is -2.30. The first kappa shape index (κ1) is 19.3. The predicted octanol–water partition coefficient (Wildman–Crippen LogP) is 4.19. The Morgan fingerprint density at radius 3 is 2.45 bits per heavy atom. The fourth-order valence-corrected chi connectivity index (χ4v) is 3.55. The minimum absolute atomic E-state index is 0.408. The Labute approximate surface area is 167 Å². The zero-order valence-corrected chi connectivity index (χ0v) is 16.3. The molecule has 1 N–H and O–H groups in total. The van der Waals surface area contributed by atoms with E-state index in [-0.39, 0.29) is 0 Å². The maximum Gasteiger partial charge on any atom is 0.600 e. The molecule has 0 saturated carbocycles. The maximum atomic E-state index is 12.7. The van der Waals surface area contributed by atoms with E-state index in [4.69, 9.17) is 0 Å². The minimum Gasteiger partial charge on any atom is -0.584 e. The number of anilines is 1. The second kappa shape index (κ2) is 7.12. The second-order valence-corrected chi connectivity index (χ2v) is 7.93. The molecule has 150 valence electrons. The molecule has 0 aliphatic rings. The van der Waals surface area contributed by atoms with Crippen LogP contribution in [0.4, 0.5) is 18.9 Å². The van der Waals surface area contributed by atoms with Crippen LogP contribution in [0.5, 0.6) is 0 Å². The highest BCUT2D eigenvalue weighted by atomic mass is 32.2. The number of benzene rings is 1. The Hall–Kier alpha value is -2.98. The summed E-state index contributed by atoms with van der Waals surface area (Å²) in [4.78, 5) is 9.41. The van der Waals surface area contributed by atoms with Gasteiger partial charge in [-0.2, -0.15) is 0 Å². The fraction of sp³-hybridized carbons (Fsp3) is 0.158. The maximum absolute atomic E-state index is 12.7. The molecule has 0 bridgehead atoms. The number of fused-ring (bicyclic) bond motifs is 1. The zero-order chi connectivity index (χ0) is 20.8. The summed E-state index contributed by atoms with van der Waals surface area (Å²) in [6.07, 6.45) is 5.75. The van der Waals surface area contributed by atoms with Gasteiger partial charge in [-0.05, 0) is 23.8 Å². The largest absolute Gasteiger partial charge is 0.600 e. The summed E-state index contributed by atoms with van der Waals surface area (Å²) in [5.41, 5.74) is -0.341. The molecule has 0 radical (unpaired) electrons. The molecule has 1 atom stereocenters. The van der Waals surface area contributed by atoms with E-state index in [1.54, 1.807) is 12.4 Å². The molecule has 0 aliphatic heterocycles. The van der Waals surface area contributed by atoms with Crippen molar-refractivity contribution < 1.29 is 17.7 Å². The Morgan fingerprint density at radius 1 is 1.07 bits per heavy atom. The number of hydrogen-bond donors (Lipinski definition) is 1. The van der Waals surface area contributed by atoms with Gasteiger partial charge in [0.1, 0.15) is 5.65 Å². The lowest BCUT2D eigenvalue weighted by atomic mass is 10.0.